The van der Waals surface area contributed by atoms with Crippen LogP contribution >= 0.6 is 24.0 Å². The van der Waals surface area contributed by atoms with Crippen molar-refractivity contribution in [2.45, 2.75) is 33.1 Å². The highest BCUT2D eigenvalue weighted by molar-refractivity contribution is 14.0. The average molecular weight is 530 g/mol. The molecule has 0 bridgehead atoms. The maximum Gasteiger partial charge on any atom is 0.226 e. The second kappa shape index (κ2) is 16.1. The number of guanidine groups is 1. The fourth-order valence-corrected chi connectivity index (χ4v) is 2.59. The lowest BCUT2D eigenvalue weighted by Gasteiger charge is -2.11. The number of benzene rings is 1. The third kappa shape index (κ3) is 10.4. The van der Waals surface area contributed by atoms with Crippen LogP contribution in [0.15, 0.2) is 39.9 Å². The molecule has 0 spiro atoms. The molecule has 30 heavy (non-hydrogen) atoms. The van der Waals surface area contributed by atoms with Gasteiger partial charge in [0.15, 0.2) is 5.96 Å². The van der Waals surface area contributed by atoms with Gasteiger partial charge in [-0.2, -0.15) is 0 Å². The summed E-state index contributed by atoms with van der Waals surface area (Å²) >= 11 is 0. The molecule has 0 aliphatic carbocycles. The van der Waals surface area contributed by atoms with Crippen LogP contribution in [0.5, 0.6) is 0 Å². The van der Waals surface area contributed by atoms with E-state index in [4.69, 9.17) is 13.9 Å². The van der Waals surface area contributed by atoms with Crippen molar-refractivity contribution in [1.82, 2.24) is 15.6 Å². The number of unbranched alkanes of at least 4 members (excludes halogenated alkanes) is 1. The Morgan fingerprint density at radius 2 is 1.73 bits per heavy atom. The van der Waals surface area contributed by atoms with E-state index in [-0.39, 0.29) is 24.0 Å². The van der Waals surface area contributed by atoms with Gasteiger partial charge in [-0.3, -0.25) is 4.99 Å². The highest BCUT2D eigenvalue weighted by Gasteiger charge is 2.07. The maximum atomic E-state index is 5.60. The fourth-order valence-electron chi connectivity index (χ4n) is 2.59. The summed E-state index contributed by atoms with van der Waals surface area (Å²) in [6.45, 7) is 8.31. The van der Waals surface area contributed by atoms with E-state index in [1.54, 1.807) is 13.3 Å². The number of oxazole rings is 1. The van der Waals surface area contributed by atoms with Gasteiger partial charge in [0.2, 0.25) is 5.89 Å². The SMILES string of the molecule is CCCCOCCOCCNC(=NC)NCCc1coc(-c2ccc(C)cc2)n1.I. The topological polar surface area (TPSA) is 80.9 Å². The van der Waals surface area contributed by atoms with Crippen LogP contribution in [0.3, 0.4) is 0 Å². The van der Waals surface area contributed by atoms with E-state index in [1.807, 2.05) is 12.1 Å². The zero-order valence-electron chi connectivity index (χ0n) is 18.3. The Balaban J connectivity index is 0.00000450. The molecular weight excluding hydrogens is 495 g/mol. The molecule has 168 valence electrons. The minimum atomic E-state index is 0. The van der Waals surface area contributed by atoms with E-state index in [2.05, 4.69) is 46.6 Å². The van der Waals surface area contributed by atoms with Crippen LogP contribution in [-0.4, -0.2) is 57.5 Å². The largest absolute Gasteiger partial charge is 0.444 e. The van der Waals surface area contributed by atoms with Crippen molar-refractivity contribution in [3.8, 4) is 11.5 Å². The van der Waals surface area contributed by atoms with Crippen molar-refractivity contribution < 1.29 is 13.9 Å². The number of aromatic nitrogens is 1. The van der Waals surface area contributed by atoms with E-state index < -0.39 is 0 Å². The number of nitrogens with zero attached hydrogens (tertiary/aromatic N) is 2. The van der Waals surface area contributed by atoms with Gasteiger partial charge in [-0.05, 0) is 25.5 Å². The quantitative estimate of drug-likeness (QED) is 0.178. The van der Waals surface area contributed by atoms with Crippen molar-refractivity contribution in [3.63, 3.8) is 0 Å². The molecule has 2 aromatic rings. The molecule has 0 atom stereocenters. The van der Waals surface area contributed by atoms with Crippen LogP contribution in [0.2, 0.25) is 0 Å². The Labute approximate surface area is 197 Å². The van der Waals surface area contributed by atoms with E-state index in [1.165, 1.54) is 5.56 Å². The molecule has 8 heteroatoms. The third-order valence-corrected chi connectivity index (χ3v) is 4.30. The van der Waals surface area contributed by atoms with Crippen LogP contribution in [0.25, 0.3) is 11.5 Å². The van der Waals surface area contributed by atoms with Crippen molar-refractivity contribution in [3.05, 3.63) is 41.8 Å². The molecule has 1 heterocycles. The molecule has 0 aliphatic rings. The van der Waals surface area contributed by atoms with Gasteiger partial charge in [0.05, 0.1) is 25.5 Å². The smallest absolute Gasteiger partial charge is 0.226 e. The molecule has 0 aliphatic heterocycles. The van der Waals surface area contributed by atoms with Crippen LogP contribution in [-0.2, 0) is 15.9 Å². The first-order valence-corrected chi connectivity index (χ1v) is 10.3. The Morgan fingerprint density at radius 3 is 2.43 bits per heavy atom. The molecule has 2 rings (SSSR count). The highest BCUT2D eigenvalue weighted by atomic mass is 127. The first-order valence-electron chi connectivity index (χ1n) is 10.3. The molecule has 2 N–H and O–H groups in total. The first-order chi connectivity index (χ1) is 14.2. The summed E-state index contributed by atoms with van der Waals surface area (Å²) in [7, 11) is 1.75. The maximum absolute atomic E-state index is 5.60. The van der Waals surface area contributed by atoms with Gasteiger partial charge in [-0.25, -0.2) is 4.98 Å². The predicted octanol–water partition coefficient (Wildman–Crippen LogP) is 3.81. The lowest BCUT2D eigenvalue weighted by Crippen LogP contribution is -2.39. The molecule has 7 nitrogen and oxygen atoms in total. The molecule has 0 unspecified atom stereocenters. The number of halogens is 1. The summed E-state index contributed by atoms with van der Waals surface area (Å²) in [6, 6.07) is 8.15. The summed E-state index contributed by atoms with van der Waals surface area (Å²) in [4.78, 5) is 8.77. The molecule has 0 radical (unpaired) electrons. The average Bonchev–Trinajstić information content (AvgIpc) is 3.20. The number of rotatable bonds is 13. The number of aryl methyl sites for hydroxylation is 1. The van der Waals surface area contributed by atoms with Gasteiger partial charge >= 0.3 is 0 Å². The van der Waals surface area contributed by atoms with Gasteiger partial charge in [-0.1, -0.05) is 31.0 Å². The van der Waals surface area contributed by atoms with E-state index >= 15 is 0 Å². The van der Waals surface area contributed by atoms with Crippen LogP contribution < -0.4 is 10.6 Å². The van der Waals surface area contributed by atoms with E-state index in [0.29, 0.717) is 38.8 Å². The Morgan fingerprint density at radius 1 is 1.03 bits per heavy atom. The number of ether oxygens (including phenoxy) is 2. The van der Waals surface area contributed by atoms with Gasteiger partial charge in [0, 0.05) is 38.7 Å². The van der Waals surface area contributed by atoms with Gasteiger partial charge in [-0.15, -0.1) is 24.0 Å². The molecule has 1 aromatic carbocycles. The standard InChI is InChI=1S/C22H34N4O3.HI/c1-4-5-13-27-15-16-28-14-12-25-22(23-3)24-11-10-20-17-29-21(26-20)19-8-6-18(2)7-9-19;/h6-9,17H,4-5,10-16H2,1-3H3,(H2,23,24,25);1H. The van der Waals surface area contributed by atoms with Gasteiger partial charge in [0.25, 0.3) is 0 Å². The van der Waals surface area contributed by atoms with Crippen LogP contribution in [0.1, 0.15) is 31.0 Å². The number of hydrogen-bond donors (Lipinski definition) is 2. The number of nitrogens with one attached hydrogen (secondary N) is 2. The minimum Gasteiger partial charge on any atom is -0.444 e. The van der Waals surface area contributed by atoms with Crippen molar-refractivity contribution in [2.24, 2.45) is 4.99 Å². The molecular formula is C22H35IN4O3. The summed E-state index contributed by atoms with van der Waals surface area (Å²) in [6.07, 6.45) is 4.72. The first kappa shape index (κ1) is 26.4. The Bertz CT molecular complexity index is 719. The lowest BCUT2D eigenvalue weighted by atomic mass is 10.1. The van der Waals surface area contributed by atoms with Crippen molar-refractivity contribution in [1.29, 1.82) is 0 Å². The molecule has 0 saturated carbocycles. The lowest BCUT2D eigenvalue weighted by molar-refractivity contribution is 0.0487. The van der Waals surface area contributed by atoms with Crippen molar-refractivity contribution >= 4 is 29.9 Å². The van der Waals surface area contributed by atoms with E-state index in [0.717, 1.165) is 43.1 Å². The van der Waals surface area contributed by atoms with Crippen LogP contribution in [0, 0.1) is 6.92 Å². The highest BCUT2D eigenvalue weighted by Crippen LogP contribution is 2.19. The Hall–Kier alpha value is -1.65. The molecule has 0 amide bonds. The molecule has 1 aromatic heterocycles. The summed E-state index contributed by atoms with van der Waals surface area (Å²) in [5.74, 6) is 1.40. The molecule has 0 saturated heterocycles. The summed E-state index contributed by atoms with van der Waals surface area (Å²) in [5, 5.41) is 6.51. The van der Waals surface area contributed by atoms with Gasteiger partial charge in [0.1, 0.15) is 6.26 Å². The summed E-state index contributed by atoms with van der Waals surface area (Å²) in [5.41, 5.74) is 3.12. The second-order valence-electron chi connectivity index (χ2n) is 6.76. The van der Waals surface area contributed by atoms with Crippen LogP contribution in [0.4, 0.5) is 0 Å². The van der Waals surface area contributed by atoms with E-state index in [9.17, 15) is 0 Å². The van der Waals surface area contributed by atoms with Crippen molar-refractivity contribution in [2.75, 3.05) is 46.6 Å². The second-order valence-corrected chi connectivity index (χ2v) is 6.76. The third-order valence-electron chi connectivity index (χ3n) is 4.30. The normalized spacial score (nSPS) is 11.2. The fraction of sp³-hybridized carbons (Fsp3) is 0.545. The zero-order chi connectivity index (χ0) is 20.7. The Kier molecular flexibility index (Phi) is 14.2. The monoisotopic (exact) mass is 530 g/mol. The number of hydrogen-bond acceptors (Lipinski definition) is 5. The predicted molar refractivity (Wildman–Crippen MR) is 132 cm³/mol. The summed E-state index contributed by atoms with van der Waals surface area (Å²) < 4.78 is 16.6. The minimum absolute atomic E-state index is 0. The zero-order valence-corrected chi connectivity index (χ0v) is 20.6. The number of aliphatic imine (C=N–C) groups is 1. The van der Waals surface area contributed by atoms with Gasteiger partial charge < -0.3 is 24.5 Å². The molecule has 0 fully saturated rings.